The Balaban J connectivity index is 1.76. The van der Waals surface area contributed by atoms with Crippen LogP contribution in [0, 0.1) is 5.82 Å². The Morgan fingerprint density at radius 3 is 2.23 bits per heavy atom. The van der Waals surface area contributed by atoms with E-state index < -0.39 is 6.04 Å². The largest absolute Gasteiger partial charge is 0.325 e. The first-order valence-electron chi connectivity index (χ1n) is 8.86. The van der Waals surface area contributed by atoms with E-state index in [-0.39, 0.29) is 17.6 Å². The summed E-state index contributed by atoms with van der Waals surface area (Å²) in [5, 5.41) is 0. The first-order chi connectivity index (χ1) is 12.4. The van der Waals surface area contributed by atoms with Gasteiger partial charge < -0.3 is 9.80 Å². The van der Waals surface area contributed by atoms with E-state index in [0.29, 0.717) is 24.6 Å². The number of halogens is 1. The Hall–Kier alpha value is -2.69. The summed E-state index contributed by atoms with van der Waals surface area (Å²) in [4.78, 5) is 28.8. The first kappa shape index (κ1) is 18.1. The number of rotatable bonds is 3. The van der Waals surface area contributed by atoms with Crippen molar-refractivity contribution in [2.24, 2.45) is 0 Å². The zero-order valence-electron chi connectivity index (χ0n) is 15.3. The quantitative estimate of drug-likeness (QED) is 0.841. The third-order valence-corrected chi connectivity index (χ3v) is 4.88. The molecule has 26 heavy (non-hydrogen) atoms. The molecule has 0 unspecified atom stereocenters. The Kier molecular flexibility index (Phi) is 5.07. The summed E-state index contributed by atoms with van der Waals surface area (Å²) in [7, 11) is 0. The van der Waals surface area contributed by atoms with Gasteiger partial charge in [0, 0.05) is 24.3 Å². The van der Waals surface area contributed by atoms with Gasteiger partial charge in [0.1, 0.15) is 11.9 Å². The molecule has 5 heteroatoms. The molecule has 2 amide bonds. The second kappa shape index (κ2) is 7.28. The number of carbonyl (C=O) groups is 2. The zero-order valence-corrected chi connectivity index (χ0v) is 15.3. The average molecular weight is 354 g/mol. The van der Waals surface area contributed by atoms with Crippen molar-refractivity contribution in [2.75, 3.05) is 18.0 Å². The van der Waals surface area contributed by atoms with Crippen molar-refractivity contribution in [3.63, 3.8) is 0 Å². The number of benzene rings is 2. The second-order valence-corrected chi connectivity index (χ2v) is 6.92. The van der Waals surface area contributed by atoms with E-state index in [1.165, 1.54) is 29.8 Å². The molecule has 136 valence electrons. The zero-order chi connectivity index (χ0) is 18.8. The third-order valence-electron chi connectivity index (χ3n) is 4.88. The van der Waals surface area contributed by atoms with Crippen LogP contribution in [0.2, 0.25) is 0 Å². The van der Waals surface area contributed by atoms with Crippen molar-refractivity contribution >= 4 is 17.5 Å². The van der Waals surface area contributed by atoms with Gasteiger partial charge in [-0.2, -0.15) is 0 Å². The lowest BCUT2D eigenvalue weighted by Crippen LogP contribution is -2.57. The van der Waals surface area contributed by atoms with Crippen LogP contribution in [0.3, 0.4) is 0 Å². The fourth-order valence-electron chi connectivity index (χ4n) is 3.20. The lowest BCUT2D eigenvalue weighted by molar-refractivity contribution is -0.124. The van der Waals surface area contributed by atoms with E-state index in [9.17, 15) is 14.0 Å². The van der Waals surface area contributed by atoms with Gasteiger partial charge in [-0.25, -0.2) is 4.39 Å². The summed E-state index contributed by atoms with van der Waals surface area (Å²) in [6.45, 7) is 6.87. The molecule has 0 saturated carbocycles. The summed E-state index contributed by atoms with van der Waals surface area (Å²) in [5.41, 5.74) is 2.46. The summed E-state index contributed by atoms with van der Waals surface area (Å²) in [6.07, 6.45) is 0. The lowest BCUT2D eigenvalue weighted by Gasteiger charge is -2.39. The summed E-state index contributed by atoms with van der Waals surface area (Å²) in [5.74, 6) is -0.311. The van der Waals surface area contributed by atoms with E-state index in [1.54, 1.807) is 16.7 Å². The highest BCUT2D eigenvalue weighted by atomic mass is 19.1. The highest BCUT2D eigenvalue weighted by Gasteiger charge is 2.35. The van der Waals surface area contributed by atoms with E-state index >= 15 is 0 Å². The highest BCUT2D eigenvalue weighted by Crippen LogP contribution is 2.24. The van der Waals surface area contributed by atoms with Crippen molar-refractivity contribution < 1.29 is 14.0 Å². The third kappa shape index (κ3) is 3.47. The molecular weight excluding hydrogens is 331 g/mol. The van der Waals surface area contributed by atoms with Crippen LogP contribution in [-0.2, 0) is 4.79 Å². The second-order valence-electron chi connectivity index (χ2n) is 6.92. The predicted molar refractivity (Wildman–Crippen MR) is 99.8 cm³/mol. The molecule has 0 aliphatic carbocycles. The molecule has 0 bridgehead atoms. The summed E-state index contributed by atoms with van der Waals surface area (Å²) >= 11 is 0. The summed E-state index contributed by atoms with van der Waals surface area (Å²) in [6, 6.07) is 12.8. The number of piperazine rings is 1. The molecule has 1 atom stereocenters. The molecule has 0 aromatic heterocycles. The maximum Gasteiger partial charge on any atom is 0.254 e. The van der Waals surface area contributed by atoms with Gasteiger partial charge in [-0.1, -0.05) is 26.0 Å². The Morgan fingerprint density at radius 2 is 1.65 bits per heavy atom. The van der Waals surface area contributed by atoms with Gasteiger partial charge in [-0.05, 0) is 54.8 Å². The van der Waals surface area contributed by atoms with Gasteiger partial charge in [0.25, 0.3) is 5.91 Å². The van der Waals surface area contributed by atoms with E-state index in [0.717, 1.165) is 5.69 Å². The van der Waals surface area contributed by atoms with Crippen molar-refractivity contribution in [1.29, 1.82) is 0 Å². The van der Waals surface area contributed by atoms with Crippen molar-refractivity contribution in [3.8, 4) is 0 Å². The number of anilines is 1. The molecule has 1 heterocycles. The van der Waals surface area contributed by atoms with Gasteiger partial charge in [0.15, 0.2) is 0 Å². The van der Waals surface area contributed by atoms with Crippen LogP contribution in [0.15, 0.2) is 48.5 Å². The maximum absolute atomic E-state index is 13.1. The van der Waals surface area contributed by atoms with Gasteiger partial charge in [-0.3, -0.25) is 9.59 Å². The van der Waals surface area contributed by atoms with E-state index in [2.05, 4.69) is 13.8 Å². The average Bonchev–Trinajstić information content (AvgIpc) is 2.64. The van der Waals surface area contributed by atoms with Gasteiger partial charge >= 0.3 is 0 Å². The van der Waals surface area contributed by atoms with Crippen LogP contribution >= 0.6 is 0 Å². The number of amides is 2. The van der Waals surface area contributed by atoms with Crippen LogP contribution in [0.5, 0.6) is 0 Å². The number of nitrogens with zero attached hydrogens (tertiary/aromatic N) is 2. The van der Waals surface area contributed by atoms with Crippen LogP contribution in [-0.4, -0.2) is 35.8 Å². The topological polar surface area (TPSA) is 40.6 Å². The first-order valence-corrected chi connectivity index (χ1v) is 8.86. The Labute approximate surface area is 153 Å². The summed E-state index contributed by atoms with van der Waals surface area (Å²) < 4.78 is 13.1. The molecule has 1 aliphatic heterocycles. The van der Waals surface area contributed by atoms with E-state index in [1.807, 2.05) is 24.3 Å². The minimum Gasteiger partial charge on any atom is -0.325 e. The maximum atomic E-state index is 13.1. The molecular formula is C21H23FN2O2. The van der Waals surface area contributed by atoms with Crippen molar-refractivity contribution in [3.05, 3.63) is 65.5 Å². The van der Waals surface area contributed by atoms with Gasteiger partial charge in [0.05, 0.1) is 0 Å². The molecule has 0 spiro atoms. The highest BCUT2D eigenvalue weighted by molar-refractivity contribution is 6.03. The molecule has 4 nitrogen and oxygen atoms in total. The normalized spacial score (nSPS) is 17.7. The van der Waals surface area contributed by atoms with Gasteiger partial charge in [-0.15, -0.1) is 0 Å². The molecule has 1 saturated heterocycles. The molecule has 3 rings (SSSR count). The fraction of sp³-hybridized carbons (Fsp3) is 0.333. The van der Waals surface area contributed by atoms with E-state index in [4.69, 9.17) is 0 Å². The van der Waals surface area contributed by atoms with Crippen LogP contribution in [0.1, 0.15) is 42.6 Å². The Bertz CT molecular complexity index is 800. The van der Waals surface area contributed by atoms with Crippen molar-refractivity contribution in [1.82, 2.24) is 4.90 Å². The number of hydrogen-bond donors (Lipinski definition) is 0. The fourth-order valence-corrected chi connectivity index (χ4v) is 3.20. The smallest absolute Gasteiger partial charge is 0.254 e. The standard InChI is InChI=1S/C21H23FN2O2/c1-14(2)16-6-10-19(11-7-16)24-13-12-23(15(3)20(24)25)21(26)17-4-8-18(22)9-5-17/h4-11,14-15H,12-13H2,1-3H3/t15-/m1/s1. The number of carbonyl (C=O) groups excluding carboxylic acids is 2. The number of hydrogen-bond acceptors (Lipinski definition) is 2. The molecule has 0 N–H and O–H groups in total. The lowest BCUT2D eigenvalue weighted by atomic mass is 10.0. The molecule has 0 radical (unpaired) electrons. The van der Waals surface area contributed by atoms with Crippen molar-refractivity contribution in [2.45, 2.75) is 32.7 Å². The molecule has 1 aliphatic rings. The van der Waals surface area contributed by atoms with Crippen LogP contribution in [0.4, 0.5) is 10.1 Å². The molecule has 1 fully saturated rings. The van der Waals surface area contributed by atoms with Gasteiger partial charge in [0.2, 0.25) is 5.91 Å². The van der Waals surface area contributed by atoms with Crippen LogP contribution < -0.4 is 4.90 Å². The SMILES string of the molecule is CC(C)c1ccc(N2CCN(C(=O)c3ccc(F)cc3)[C@H](C)C2=O)cc1. The monoisotopic (exact) mass is 354 g/mol. The van der Waals surface area contributed by atoms with Crippen LogP contribution in [0.25, 0.3) is 0 Å². The molecule has 2 aromatic rings. The Morgan fingerprint density at radius 1 is 1.04 bits per heavy atom. The molecule has 2 aromatic carbocycles. The minimum atomic E-state index is -0.564. The predicted octanol–water partition coefficient (Wildman–Crippen LogP) is 3.83. The minimum absolute atomic E-state index is 0.107.